The van der Waals surface area contributed by atoms with E-state index in [1.807, 2.05) is 58.0 Å². The van der Waals surface area contributed by atoms with Gasteiger partial charge >= 0.3 is 13.2 Å². The van der Waals surface area contributed by atoms with Gasteiger partial charge < -0.3 is 19.4 Å². The molecule has 9 heteroatoms. The summed E-state index contributed by atoms with van der Waals surface area (Å²) in [5.41, 5.74) is 0.521. The van der Waals surface area contributed by atoms with Gasteiger partial charge in [-0.15, -0.1) is 0 Å². The minimum Gasteiger partial charge on any atom is -0.445 e. The first-order valence-corrected chi connectivity index (χ1v) is 10.0. The highest BCUT2D eigenvalue weighted by Crippen LogP contribution is 2.38. The first-order valence-electron chi connectivity index (χ1n) is 9.64. The maximum absolute atomic E-state index is 12.2. The minimum absolute atomic E-state index is 0.149. The number of benzene rings is 1. The number of halogens is 1. The van der Waals surface area contributed by atoms with E-state index in [4.69, 9.17) is 25.6 Å². The smallest absolute Gasteiger partial charge is 0.445 e. The second-order valence-electron chi connectivity index (χ2n) is 7.98. The molecule has 0 atom stereocenters. The molecule has 0 bridgehead atoms. The van der Waals surface area contributed by atoms with Crippen LogP contribution >= 0.6 is 11.6 Å². The number of nitrogens with zero attached hydrogens (tertiary/aromatic N) is 2. The zero-order valence-corrected chi connectivity index (χ0v) is 18.3. The molecule has 2 heterocycles. The van der Waals surface area contributed by atoms with Gasteiger partial charge in [-0.1, -0.05) is 41.9 Å². The summed E-state index contributed by atoms with van der Waals surface area (Å²) in [6.07, 6.45) is 4.18. The van der Waals surface area contributed by atoms with E-state index in [1.54, 1.807) is 6.08 Å². The summed E-state index contributed by atoms with van der Waals surface area (Å²) in [5.74, 6) is 0.434. The molecule has 1 aromatic heterocycles. The van der Waals surface area contributed by atoms with Crippen molar-refractivity contribution < 1.29 is 18.8 Å². The average molecular weight is 430 g/mol. The lowest BCUT2D eigenvalue weighted by atomic mass is 9.77. The second kappa shape index (κ2) is 9.16. The first kappa shape index (κ1) is 22.3. The Labute approximate surface area is 181 Å². The highest BCUT2D eigenvalue weighted by atomic mass is 35.5. The van der Waals surface area contributed by atoms with Crippen molar-refractivity contribution in [1.82, 2.24) is 15.3 Å². The number of amides is 1. The van der Waals surface area contributed by atoms with Gasteiger partial charge in [0.1, 0.15) is 6.61 Å². The molecule has 1 saturated heterocycles. The Morgan fingerprint density at radius 1 is 1.13 bits per heavy atom. The number of carbonyl (C=O) groups is 1. The van der Waals surface area contributed by atoms with Gasteiger partial charge in [0, 0.05) is 18.9 Å². The number of ether oxygens (including phenoxy) is 1. The molecule has 2 aromatic rings. The zero-order chi connectivity index (χ0) is 21.8. The van der Waals surface area contributed by atoms with Crippen LogP contribution in [0.3, 0.4) is 0 Å². The number of nitrogens with one attached hydrogen (secondary N) is 1. The SMILES string of the molecule is CC1(C)OB(C(=Cc2ncc(Cl)cn2)CNC(=O)OCc2ccccc2)OC1(C)C. The average Bonchev–Trinajstić information content (AvgIpc) is 2.93. The Kier molecular flexibility index (Phi) is 6.80. The Hall–Kier alpha value is -2.42. The van der Waals surface area contributed by atoms with Crippen molar-refractivity contribution in [3.63, 3.8) is 0 Å². The van der Waals surface area contributed by atoms with Gasteiger partial charge in [-0.2, -0.15) is 0 Å². The molecule has 30 heavy (non-hydrogen) atoms. The third-order valence-corrected chi connectivity index (χ3v) is 5.36. The van der Waals surface area contributed by atoms with Crippen LogP contribution in [-0.4, -0.2) is 40.9 Å². The molecule has 1 aromatic carbocycles. The molecular weight excluding hydrogens is 405 g/mol. The maximum atomic E-state index is 12.2. The normalized spacial score (nSPS) is 17.6. The van der Waals surface area contributed by atoms with Gasteiger partial charge in [0.05, 0.1) is 16.2 Å². The van der Waals surface area contributed by atoms with E-state index in [9.17, 15) is 4.79 Å². The Morgan fingerprint density at radius 2 is 1.73 bits per heavy atom. The van der Waals surface area contributed by atoms with Crippen LogP contribution in [0, 0.1) is 0 Å². The molecule has 0 spiro atoms. The van der Waals surface area contributed by atoms with Crippen LogP contribution in [-0.2, 0) is 20.7 Å². The van der Waals surface area contributed by atoms with Crippen LogP contribution in [0.15, 0.2) is 48.2 Å². The van der Waals surface area contributed by atoms with Gasteiger partial charge in [-0.25, -0.2) is 14.8 Å². The molecule has 0 radical (unpaired) electrons. The number of aromatic nitrogens is 2. The number of rotatable bonds is 6. The largest absolute Gasteiger partial charge is 0.492 e. The standard InChI is InChI=1S/C21H25BClN3O4/c1-20(2)21(3,4)30-22(29-20)16(10-18-24-12-17(23)13-25-18)11-26-19(27)28-14-15-8-6-5-7-9-15/h5-10,12-13H,11,14H2,1-4H3,(H,26,27). The summed E-state index contributed by atoms with van der Waals surface area (Å²) >= 11 is 5.87. The lowest BCUT2D eigenvalue weighted by molar-refractivity contribution is 0.00578. The van der Waals surface area contributed by atoms with Crippen LogP contribution in [0.2, 0.25) is 5.02 Å². The van der Waals surface area contributed by atoms with Crippen LogP contribution in [0.25, 0.3) is 6.08 Å². The van der Waals surface area contributed by atoms with Gasteiger partial charge in [0.2, 0.25) is 0 Å². The molecule has 3 rings (SSSR count). The summed E-state index contributed by atoms with van der Waals surface area (Å²) in [6, 6.07) is 9.47. The molecule has 1 aliphatic heterocycles. The topological polar surface area (TPSA) is 82.6 Å². The number of alkyl carbamates (subject to hydrolysis) is 1. The van der Waals surface area contributed by atoms with Crippen LogP contribution in [0.5, 0.6) is 0 Å². The summed E-state index contributed by atoms with van der Waals surface area (Å²) in [4.78, 5) is 20.6. The van der Waals surface area contributed by atoms with Gasteiger partial charge in [-0.05, 0) is 44.8 Å². The van der Waals surface area contributed by atoms with E-state index in [0.29, 0.717) is 16.3 Å². The molecule has 0 saturated carbocycles. The molecule has 1 fully saturated rings. The third-order valence-electron chi connectivity index (χ3n) is 5.16. The maximum Gasteiger partial charge on any atom is 0.492 e. The first-order chi connectivity index (χ1) is 14.2. The molecular formula is C21H25BClN3O4. The van der Waals surface area contributed by atoms with Crippen molar-refractivity contribution in [3.05, 3.63) is 64.6 Å². The molecule has 0 aliphatic carbocycles. The van der Waals surface area contributed by atoms with Gasteiger partial charge in [0.25, 0.3) is 0 Å². The minimum atomic E-state index is -0.663. The predicted molar refractivity (Wildman–Crippen MR) is 116 cm³/mol. The molecule has 7 nitrogen and oxygen atoms in total. The van der Waals surface area contributed by atoms with Crippen LogP contribution in [0.1, 0.15) is 39.1 Å². The Bertz CT molecular complexity index is 888. The van der Waals surface area contributed by atoms with E-state index in [0.717, 1.165) is 5.56 Å². The number of hydrogen-bond donors (Lipinski definition) is 1. The fourth-order valence-corrected chi connectivity index (χ4v) is 2.81. The van der Waals surface area contributed by atoms with E-state index < -0.39 is 24.4 Å². The fourth-order valence-electron chi connectivity index (χ4n) is 2.71. The summed E-state index contributed by atoms with van der Waals surface area (Å²) in [7, 11) is -0.663. The van der Waals surface area contributed by atoms with Crippen LogP contribution in [0.4, 0.5) is 4.79 Å². The highest BCUT2D eigenvalue weighted by molar-refractivity contribution is 6.56. The molecule has 1 N–H and O–H groups in total. The zero-order valence-electron chi connectivity index (χ0n) is 17.5. The van der Waals surface area contributed by atoms with Gasteiger partial charge in [-0.3, -0.25) is 0 Å². The van der Waals surface area contributed by atoms with Crippen LogP contribution < -0.4 is 5.32 Å². The fraction of sp³-hybridized carbons (Fsp3) is 0.381. The lowest BCUT2D eigenvalue weighted by Crippen LogP contribution is -2.41. The molecule has 0 unspecified atom stereocenters. The highest BCUT2D eigenvalue weighted by Gasteiger charge is 2.52. The monoisotopic (exact) mass is 429 g/mol. The van der Waals surface area contributed by atoms with Crippen molar-refractivity contribution in [2.45, 2.75) is 45.5 Å². The lowest BCUT2D eigenvalue weighted by Gasteiger charge is -2.32. The van der Waals surface area contributed by atoms with Crippen molar-refractivity contribution >= 4 is 30.9 Å². The third kappa shape index (κ3) is 5.59. The molecule has 1 amide bonds. The molecule has 158 valence electrons. The van der Waals surface area contributed by atoms with E-state index in [2.05, 4.69) is 15.3 Å². The van der Waals surface area contributed by atoms with Crippen molar-refractivity contribution in [2.75, 3.05) is 6.54 Å². The summed E-state index contributed by atoms with van der Waals surface area (Å²) < 4.78 is 17.5. The van der Waals surface area contributed by atoms with Crippen molar-refractivity contribution in [1.29, 1.82) is 0 Å². The van der Waals surface area contributed by atoms with Gasteiger partial charge in [0.15, 0.2) is 5.82 Å². The van der Waals surface area contributed by atoms with E-state index >= 15 is 0 Å². The van der Waals surface area contributed by atoms with E-state index in [-0.39, 0.29) is 13.2 Å². The quantitative estimate of drug-likeness (QED) is 0.697. The summed E-state index contributed by atoms with van der Waals surface area (Å²) in [6.45, 7) is 8.19. The van der Waals surface area contributed by atoms with E-state index in [1.165, 1.54) is 12.4 Å². The number of hydrogen-bond acceptors (Lipinski definition) is 6. The van der Waals surface area contributed by atoms with Crippen molar-refractivity contribution in [2.24, 2.45) is 0 Å². The Balaban J connectivity index is 1.70. The summed E-state index contributed by atoms with van der Waals surface area (Å²) in [5, 5.41) is 3.18. The Morgan fingerprint density at radius 3 is 2.33 bits per heavy atom. The number of carbonyl (C=O) groups excluding carboxylic acids is 1. The molecule has 1 aliphatic rings. The predicted octanol–water partition coefficient (Wildman–Crippen LogP) is 4.07. The second-order valence-corrected chi connectivity index (χ2v) is 8.42. The van der Waals surface area contributed by atoms with Crippen molar-refractivity contribution in [3.8, 4) is 0 Å².